The van der Waals surface area contributed by atoms with Crippen LogP contribution in [0.1, 0.15) is 19.4 Å². The van der Waals surface area contributed by atoms with E-state index in [2.05, 4.69) is 4.99 Å². The van der Waals surface area contributed by atoms with Gasteiger partial charge in [-0.2, -0.15) is 0 Å². The van der Waals surface area contributed by atoms with Crippen molar-refractivity contribution in [3.05, 3.63) is 34.6 Å². The third-order valence-corrected chi connectivity index (χ3v) is 2.15. The van der Waals surface area contributed by atoms with E-state index in [1.165, 1.54) is 18.2 Å². The van der Waals surface area contributed by atoms with E-state index in [0.717, 1.165) is 0 Å². The van der Waals surface area contributed by atoms with Gasteiger partial charge in [0, 0.05) is 12.1 Å². The molecule has 1 rings (SSSR count). The van der Waals surface area contributed by atoms with Crippen molar-refractivity contribution in [3.63, 3.8) is 0 Å². The molecule has 0 aliphatic rings. The minimum atomic E-state index is -0.375. The van der Waals surface area contributed by atoms with Gasteiger partial charge in [-0.15, -0.1) is 0 Å². The number of nitrogens with zero attached hydrogens (tertiary/aromatic N) is 1. The molecule has 82 valence electrons. The zero-order valence-electron chi connectivity index (χ0n) is 8.80. The first-order valence-electron chi connectivity index (χ1n) is 4.76. The SMILES string of the molecule is CC(C)CN=C(N)c1ccc(F)cc1Cl. The molecule has 0 unspecified atom stereocenters. The number of halogens is 2. The molecule has 2 N–H and O–H groups in total. The number of hydrogen-bond donors (Lipinski definition) is 1. The normalized spacial score (nSPS) is 12.2. The van der Waals surface area contributed by atoms with Crippen molar-refractivity contribution in [2.45, 2.75) is 13.8 Å². The van der Waals surface area contributed by atoms with Gasteiger partial charge in [0.1, 0.15) is 11.7 Å². The zero-order chi connectivity index (χ0) is 11.4. The van der Waals surface area contributed by atoms with Crippen molar-refractivity contribution in [2.75, 3.05) is 6.54 Å². The van der Waals surface area contributed by atoms with Crippen molar-refractivity contribution < 1.29 is 4.39 Å². The van der Waals surface area contributed by atoms with Crippen LogP contribution < -0.4 is 5.73 Å². The summed E-state index contributed by atoms with van der Waals surface area (Å²) in [5.41, 5.74) is 6.32. The Morgan fingerprint density at radius 1 is 1.53 bits per heavy atom. The topological polar surface area (TPSA) is 38.4 Å². The van der Waals surface area contributed by atoms with Crippen LogP contribution in [0, 0.1) is 11.7 Å². The Morgan fingerprint density at radius 3 is 2.73 bits per heavy atom. The fourth-order valence-electron chi connectivity index (χ4n) is 1.06. The Morgan fingerprint density at radius 2 is 2.20 bits per heavy atom. The van der Waals surface area contributed by atoms with Gasteiger partial charge >= 0.3 is 0 Å². The van der Waals surface area contributed by atoms with E-state index in [9.17, 15) is 4.39 Å². The standard InChI is InChI=1S/C11H14ClFN2/c1-7(2)6-15-11(14)9-4-3-8(13)5-10(9)12/h3-5,7H,6H2,1-2H3,(H2,14,15). The number of aliphatic imine (C=N–C) groups is 1. The number of nitrogens with two attached hydrogens (primary N) is 1. The first kappa shape index (κ1) is 12.0. The molecule has 0 bridgehead atoms. The van der Waals surface area contributed by atoms with E-state index in [4.69, 9.17) is 17.3 Å². The van der Waals surface area contributed by atoms with Crippen molar-refractivity contribution in [1.29, 1.82) is 0 Å². The van der Waals surface area contributed by atoms with Gasteiger partial charge in [-0.25, -0.2) is 4.39 Å². The summed E-state index contributed by atoms with van der Waals surface area (Å²) in [6.45, 7) is 4.73. The van der Waals surface area contributed by atoms with Crippen LogP contribution in [0.4, 0.5) is 4.39 Å². The quantitative estimate of drug-likeness (QED) is 0.627. The van der Waals surface area contributed by atoms with Crippen LogP contribution in [0.5, 0.6) is 0 Å². The summed E-state index contributed by atoms with van der Waals surface area (Å²) in [5, 5.41) is 0.292. The molecule has 0 aromatic heterocycles. The number of hydrogen-bond acceptors (Lipinski definition) is 1. The van der Waals surface area contributed by atoms with Gasteiger partial charge in [-0.05, 0) is 24.1 Å². The van der Waals surface area contributed by atoms with Gasteiger partial charge in [0.15, 0.2) is 0 Å². The number of rotatable bonds is 3. The largest absolute Gasteiger partial charge is 0.383 e. The molecule has 1 aromatic carbocycles. The second-order valence-corrected chi connectivity index (χ2v) is 4.15. The van der Waals surface area contributed by atoms with Crippen LogP contribution in [-0.2, 0) is 0 Å². The van der Waals surface area contributed by atoms with E-state index >= 15 is 0 Å². The Hall–Kier alpha value is -1.09. The van der Waals surface area contributed by atoms with Crippen molar-refractivity contribution in [3.8, 4) is 0 Å². The maximum atomic E-state index is 12.8. The smallest absolute Gasteiger partial charge is 0.127 e. The molecule has 0 spiro atoms. The summed E-state index contributed by atoms with van der Waals surface area (Å²) < 4.78 is 12.8. The highest BCUT2D eigenvalue weighted by atomic mass is 35.5. The number of benzene rings is 1. The number of amidine groups is 1. The average Bonchev–Trinajstić information content (AvgIpc) is 2.14. The fraction of sp³-hybridized carbons (Fsp3) is 0.364. The Bertz CT molecular complexity index is 375. The second kappa shape index (κ2) is 5.12. The third-order valence-electron chi connectivity index (χ3n) is 1.83. The third kappa shape index (κ3) is 3.51. The summed E-state index contributed by atoms with van der Waals surface area (Å²) in [6, 6.07) is 4.09. The maximum absolute atomic E-state index is 12.8. The lowest BCUT2D eigenvalue weighted by atomic mass is 10.2. The molecule has 0 fully saturated rings. The summed E-state index contributed by atoms with van der Waals surface area (Å²) in [4.78, 5) is 4.17. The minimum Gasteiger partial charge on any atom is -0.383 e. The predicted molar refractivity (Wildman–Crippen MR) is 61.8 cm³/mol. The lowest BCUT2D eigenvalue weighted by Gasteiger charge is -2.05. The predicted octanol–water partition coefficient (Wildman–Crippen LogP) is 2.84. The molecule has 0 atom stereocenters. The maximum Gasteiger partial charge on any atom is 0.127 e. The fourth-order valence-corrected chi connectivity index (χ4v) is 1.33. The summed E-state index contributed by atoms with van der Waals surface area (Å²) in [5.74, 6) is 0.414. The highest BCUT2D eigenvalue weighted by Crippen LogP contribution is 2.16. The molecule has 0 saturated heterocycles. The van der Waals surface area contributed by atoms with Gasteiger partial charge in [0.2, 0.25) is 0 Å². The van der Waals surface area contributed by atoms with Crippen LogP contribution in [-0.4, -0.2) is 12.4 Å². The van der Waals surface area contributed by atoms with Crippen molar-refractivity contribution in [1.82, 2.24) is 0 Å². The van der Waals surface area contributed by atoms with Crippen molar-refractivity contribution in [2.24, 2.45) is 16.6 Å². The lowest BCUT2D eigenvalue weighted by molar-refractivity contribution is 0.628. The van der Waals surface area contributed by atoms with E-state index in [0.29, 0.717) is 28.9 Å². The summed E-state index contributed by atoms with van der Waals surface area (Å²) >= 11 is 5.84. The average molecular weight is 229 g/mol. The summed E-state index contributed by atoms with van der Waals surface area (Å²) in [7, 11) is 0. The molecular weight excluding hydrogens is 215 g/mol. The van der Waals surface area contributed by atoms with Gasteiger partial charge in [-0.3, -0.25) is 4.99 Å². The van der Waals surface area contributed by atoms with Gasteiger partial charge in [0.25, 0.3) is 0 Å². The van der Waals surface area contributed by atoms with Crippen molar-refractivity contribution >= 4 is 17.4 Å². The molecule has 0 saturated carbocycles. The molecule has 0 aliphatic carbocycles. The minimum absolute atomic E-state index is 0.292. The molecule has 0 heterocycles. The highest BCUT2D eigenvalue weighted by molar-refractivity contribution is 6.34. The summed E-state index contributed by atoms with van der Waals surface area (Å²) in [6.07, 6.45) is 0. The molecule has 15 heavy (non-hydrogen) atoms. The Labute approximate surface area is 94.0 Å². The van der Waals surface area contributed by atoms with E-state index in [1.54, 1.807) is 0 Å². The molecule has 2 nitrogen and oxygen atoms in total. The zero-order valence-corrected chi connectivity index (χ0v) is 9.55. The lowest BCUT2D eigenvalue weighted by Crippen LogP contribution is -2.15. The molecular formula is C11H14ClFN2. The van der Waals surface area contributed by atoms with Crippen LogP contribution in [0.25, 0.3) is 0 Å². The monoisotopic (exact) mass is 228 g/mol. The second-order valence-electron chi connectivity index (χ2n) is 3.74. The van der Waals surface area contributed by atoms with E-state index in [1.807, 2.05) is 13.8 Å². The van der Waals surface area contributed by atoms with Gasteiger partial charge in [-0.1, -0.05) is 25.4 Å². The van der Waals surface area contributed by atoms with Crippen LogP contribution in [0.2, 0.25) is 5.02 Å². The van der Waals surface area contributed by atoms with Crippen LogP contribution in [0.15, 0.2) is 23.2 Å². The van der Waals surface area contributed by atoms with E-state index < -0.39 is 0 Å². The molecule has 0 amide bonds. The first-order valence-corrected chi connectivity index (χ1v) is 5.14. The highest BCUT2D eigenvalue weighted by Gasteiger charge is 2.05. The molecule has 1 aromatic rings. The van der Waals surface area contributed by atoms with E-state index in [-0.39, 0.29) is 5.82 Å². The molecule has 0 aliphatic heterocycles. The van der Waals surface area contributed by atoms with Gasteiger partial charge in [0.05, 0.1) is 5.02 Å². The van der Waals surface area contributed by atoms with Crippen LogP contribution >= 0.6 is 11.6 Å². The molecule has 4 heteroatoms. The first-order chi connectivity index (χ1) is 7.00. The Kier molecular flexibility index (Phi) is 4.09. The van der Waals surface area contributed by atoms with Crippen LogP contribution in [0.3, 0.4) is 0 Å². The Balaban J connectivity index is 2.91. The molecule has 0 radical (unpaired) electrons. The van der Waals surface area contributed by atoms with Gasteiger partial charge < -0.3 is 5.73 Å².